The van der Waals surface area contributed by atoms with E-state index >= 15 is 0 Å². The average Bonchev–Trinajstić information content (AvgIpc) is 3.80. The highest BCUT2D eigenvalue weighted by molar-refractivity contribution is 5.70. The molecule has 4 fully saturated rings. The maximum Gasteiger partial charge on any atom is 0.109 e. The van der Waals surface area contributed by atoms with E-state index < -0.39 is 0 Å². The van der Waals surface area contributed by atoms with E-state index in [0.29, 0.717) is 35.8 Å². The fourth-order valence-corrected chi connectivity index (χ4v) is 9.17. The van der Waals surface area contributed by atoms with Gasteiger partial charge in [0.1, 0.15) is 11.6 Å². The van der Waals surface area contributed by atoms with Gasteiger partial charge in [-0.25, -0.2) is 9.97 Å². The van der Waals surface area contributed by atoms with Gasteiger partial charge in [0, 0.05) is 47.3 Å². The number of imidazole rings is 2. The molecule has 200 valence electrons. The molecule has 2 aliphatic heterocycles. The molecule has 0 spiro atoms. The lowest BCUT2D eigenvalue weighted by atomic mass is 9.73. The van der Waals surface area contributed by atoms with Crippen molar-refractivity contribution in [1.29, 1.82) is 0 Å². The molecule has 2 unspecified atom stereocenters. The Bertz CT molecular complexity index is 1300. The molecule has 1 saturated heterocycles. The van der Waals surface area contributed by atoms with E-state index in [9.17, 15) is 0 Å². The molecule has 3 saturated carbocycles. The first-order chi connectivity index (χ1) is 18.7. The van der Waals surface area contributed by atoms with Crippen LogP contribution in [0.5, 0.6) is 0 Å². The van der Waals surface area contributed by atoms with Crippen LogP contribution in [0.2, 0.25) is 0 Å². The molecule has 2 bridgehead atoms. The summed E-state index contributed by atoms with van der Waals surface area (Å²) in [6.07, 6.45) is 22.7. The molecule has 38 heavy (non-hydrogen) atoms. The molecule has 2 N–H and O–H groups in total. The third-order valence-corrected chi connectivity index (χ3v) is 11.3. The Balaban J connectivity index is 1.05. The van der Waals surface area contributed by atoms with Crippen LogP contribution in [0.25, 0.3) is 11.3 Å². The van der Waals surface area contributed by atoms with Crippen LogP contribution in [0.3, 0.4) is 0 Å². The quantitative estimate of drug-likeness (QED) is 0.363. The lowest BCUT2D eigenvalue weighted by Crippen LogP contribution is -2.16. The van der Waals surface area contributed by atoms with Crippen molar-refractivity contribution in [3.05, 3.63) is 58.6 Å². The number of H-pyrrole nitrogens is 2. The fraction of sp³-hybridized carbons (Fsp3) is 0.636. The summed E-state index contributed by atoms with van der Waals surface area (Å²) in [6.45, 7) is 0. The molecule has 0 amide bonds. The van der Waals surface area contributed by atoms with Gasteiger partial charge in [-0.1, -0.05) is 37.8 Å². The number of nitrogens with one attached hydrogen (secondary N) is 2. The number of hydrogen-bond donors (Lipinski definition) is 2. The Labute approximate surface area is 227 Å². The van der Waals surface area contributed by atoms with Crippen molar-refractivity contribution in [3.63, 3.8) is 0 Å². The number of benzene rings is 1. The number of nitrogens with zero attached hydrogens (tertiary/aromatic N) is 3. The molecule has 3 aliphatic carbocycles. The van der Waals surface area contributed by atoms with Crippen LogP contribution in [-0.2, 0) is 0 Å². The summed E-state index contributed by atoms with van der Waals surface area (Å²) in [5.74, 6) is 5.14. The van der Waals surface area contributed by atoms with E-state index in [2.05, 4.69) is 46.4 Å². The third kappa shape index (κ3) is 3.75. The summed E-state index contributed by atoms with van der Waals surface area (Å²) in [5.41, 5.74) is 9.04. The van der Waals surface area contributed by atoms with Crippen molar-refractivity contribution in [1.82, 2.24) is 24.8 Å². The lowest BCUT2D eigenvalue weighted by molar-refractivity contribution is 0.279. The van der Waals surface area contributed by atoms with E-state index in [1.807, 2.05) is 0 Å². The minimum Gasteiger partial charge on any atom is -0.345 e. The zero-order chi connectivity index (χ0) is 25.2. The fourth-order valence-electron chi connectivity index (χ4n) is 9.17. The Kier molecular flexibility index (Phi) is 5.78. The minimum absolute atomic E-state index is 0.568. The number of aromatic nitrogens is 4. The third-order valence-electron chi connectivity index (χ3n) is 11.3. The lowest BCUT2D eigenvalue weighted by Gasteiger charge is -2.31. The topological polar surface area (TPSA) is 60.6 Å². The second-order valence-electron chi connectivity index (χ2n) is 13.2. The van der Waals surface area contributed by atoms with Crippen molar-refractivity contribution >= 4 is 0 Å². The van der Waals surface area contributed by atoms with Gasteiger partial charge in [-0.3, -0.25) is 4.90 Å². The highest BCUT2D eigenvalue weighted by Gasteiger charge is 2.45. The van der Waals surface area contributed by atoms with Crippen LogP contribution in [-0.4, -0.2) is 31.9 Å². The first-order valence-electron chi connectivity index (χ1n) is 15.7. The first kappa shape index (κ1) is 23.5. The van der Waals surface area contributed by atoms with E-state index in [4.69, 9.17) is 9.97 Å². The summed E-state index contributed by atoms with van der Waals surface area (Å²) in [4.78, 5) is 19.9. The Hall–Kier alpha value is -2.40. The van der Waals surface area contributed by atoms with Crippen LogP contribution >= 0.6 is 0 Å². The second kappa shape index (κ2) is 9.36. The van der Waals surface area contributed by atoms with Gasteiger partial charge in [-0.15, -0.1) is 0 Å². The van der Waals surface area contributed by atoms with Crippen molar-refractivity contribution < 1.29 is 0 Å². The molecule has 4 heterocycles. The molecule has 0 radical (unpaired) electrons. The molecule has 5 aliphatic rings. The monoisotopic (exact) mass is 509 g/mol. The van der Waals surface area contributed by atoms with Crippen LogP contribution in [0.1, 0.15) is 160 Å². The molecular weight excluding hydrogens is 466 g/mol. The highest BCUT2D eigenvalue weighted by atomic mass is 15.2. The van der Waals surface area contributed by atoms with E-state index in [1.54, 1.807) is 16.7 Å². The largest absolute Gasteiger partial charge is 0.345 e. The first-order valence-corrected chi connectivity index (χ1v) is 15.7. The Morgan fingerprint density at radius 2 is 1.24 bits per heavy atom. The smallest absolute Gasteiger partial charge is 0.109 e. The van der Waals surface area contributed by atoms with Crippen molar-refractivity contribution in [3.8, 4) is 11.3 Å². The SMILES string of the molecule is CN1C2CCC1c1c(C3CCC(c4cnc(C5CCCC5)[nH]4)CC3)ccc(-c3cnc(C4CCCC4)[nH]3)c12. The van der Waals surface area contributed by atoms with Crippen LogP contribution in [0.15, 0.2) is 24.5 Å². The molecule has 8 rings (SSSR count). The van der Waals surface area contributed by atoms with Gasteiger partial charge in [0.15, 0.2) is 0 Å². The standard InChI is InChI=1S/C33H43N5/c1-38-28-16-17-29(38)31-25(27-19-35-33(37-27)23-8-4-5-9-23)15-14-24(30(28)31)20-10-12-21(13-11-20)26-18-34-32(36-26)22-6-2-3-7-22/h14-15,18-23,28-29H,2-13,16-17H2,1H3,(H,34,36)(H,35,37). The molecule has 3 aromatic rings. The summed E-state index contributed by atoms with van der Waals surface area (Å²) < 4.78 is 0. The van der Waals surface area contributed by atoms with Crippen molar-refractivity contribution in [2.24, 2.45) is 0 Å². The van der Waals surface area contributed by atoms with E-state index in [1.165, 1.54) is 118 Å². The highest BCUT2D eigenvalue weighted by Crippen LogP contribution is 2.58. The Morgan fingerprint density at radius 3 is 1.95 bits per heavy atom. The number of rotatable bonds is 5. The molecule has 2 atom stereocenters. The maximum absolute atomic E-state index is 4.88. The second-order valence-corrected chi connectivity index (χ2v) is 13.2. The van der Waals surface area contributed by atoms with E-state index in [0.717, 1.165) is 0 Å². The average molecular weight is 510 g/mol. The summed E-state index contributed by atoms with van der Waals surface area (Å²) in [7, 11) is 2.36. The van der Waals surface area contributed by atoms with Gasteiger partial charge in [0.25, 0.3) is 0 Å². The number of aromatic amines is 2. The molecule has 1 aromatic carbocycles. The van der Waals surface area contributed by atoms with E-state index in [-0.39, 0.29) is 0 Å². The summed E-state index contributed by atoms with van der Waals surface area (Å²) >= 11 is 0. The molecule has 5 heteroatoms. The van der Waals surface area contributed by atoms with Crippen molar-refractivity contribution in [2.45, 2.75) is 126 Å². The molecule has 5 nitrogen and oxygen atoms in total. The van der Waals surface area contributed by atoms with Gasteiger partial charge in [-0.05, 0) is 93.9 Å². The summed E-state index contributed by atoms with van der Waals surface area (Å²) in [6, 6.07) is 6.13. The molecular formula is C33H43N5. The van der Waals surface area contributed by atoms with Gasteiger partial charge in [0.05, 0.1) is 11.9 Å². The minimum atomic E-state index is 0.568. The zero-order valence-corrected chi connectivity index (χ0v) is 23.0. The van der Waals surface area contributed by atoms with Gasteiger partial charge >= 0.3 is 0 Å². The number of fused-ring (bicyclic) bond motifs is 5. The normalized spacial score (nSPS) is 30.0. The number of hydrogen-bond acceptors (Lipinski definition) is 3. The maximum atomic E-state index is 4.88. The predicted molar refractivity (Wildman–Crippen MR) is 151 cm³/mol. The zero-order valence-electron chi connectivity index (χ0n) is 23.0. The van der Waals surface area contributed by atoms with Crippen molar-refractivity contribution in [2.75, 3.05) is 7.05 Å². The summed E-state index contributed by atoms with van der Waals surface area (Å²) in [5, 5.41) is 0. The van der Waals surface area contributed by atoms with Gasteiger partial charge in [-0.2, -0.15) is 0 Å². The van der Waals surface area contributed by atoms with Gasteiger partial charge < -0.3 is 9.97 Å². The predicted octanol–water partition coefficient (Wildman–Crippen LogP) is 8.38. The Morgan fingerprint density at radius 1 is 0.632 bits per heavy atom. The van der Waals surface area contributed by atoms with Crippen LogP contribution in [0, 0.1) is 0 Å². The van der Waals surface area contributed by atoms with Gasteiger partial charge in [0.2, 0.25) is 0 Å². The van der Waals surface area contributed by atoms with Crippen LogP contribution in [0.4, 0.5) is 0 Å². The molecule has 2 aromatic heterocycles. The van der Waals surface area contributed by atoms with Crippen LogP contribution < -0.4 is 0 Å².